The maximum absolute atomic E-state index is 5.86. The third-order valence-corrected chi connectivity index (χ3v) is 2.92. The second kappa shape index (κ2) is 5.85. The molecule has 0 aromatic carbocycles. The Morgan fingerprint density at radius 3 is 3.06 bits per heavy atom. The minimum Gasteiger partial charge on any atom is -0.474 e. The van der Waals surface area contributed by atoms with Gasteiger partial charge in [0.15, 0.2) is 0 Å². The van der Waals surface area contributed by atoms with E-state index in [1.165, 1.54) is 24.8 Å². The number of nitrogens with zero attached hydrogens (tertiary/aromatic N) is 1. The number of hydrogen-bond acceptors (Lipinski definition) is 3. The van der Waals surface area contributed by atoms with E-state index in [4.69, 9.17) is 4.74 Å². The SMILES string of the molecule is CCCNCc1cccnc1OC1CCC1. The lowest BCUT2D eigenvalue weighted by molar-refractivity contribution is 0.113. The standard InChI is InChI=1S/C13H20N2O/c1-2-8-14-10-11-5-4-9-15-13(11)16-12-6-3-7-12/h4-5,9,12,14H,2-3,6-8,10H2,1H3. The molecule has 3 nitrogen and oxygen atoms in total. The molecule has 1 heterocycles. The van der Waals surface area contributed by atoms with Gasteiger partial charge in [-0.15, -0.1) is 0 Å². The van der Waals surface area contributed by atoms with Crippen LogP contribution in [0.25, 0.3) is 0 Å². The smallest absolute Gasteiger partial charge is 0.218 e. The monoisotopic (exact) mass is 220 g/mol. The van der Waals surface area contributed by atoms with Crippen LogP contribution >= 0.6 is 0 Å². The van der Waals surface area contributed by atoms with Crippen molar-refractivity contribution in [3.63, 3.8) is 0 Å². The first-order valence-electron chi connectivity index (χ1n) is 6.21. The minimum absolute atomic E-state index is 0.403. The largest absolute Gasteiger partial charge is 0.474 e. The minimum atomic E-state index is 0.403. The van der Waals surface area contributed by atoms with Gasteiger partial charge in [-0.05, 0) is 38.3 Å². The summed E-state index contributed by atoms with van der Waals surface area (Å²) in [6.45, 7) is 4.06. The molecule has 0 unspecified atom stereocenters. The van der Waals surface area contributed by atoms with Gasteiger partial charge in [0, 0.05) is 18.3 Å². The van der Waals surface area contributed by atoms with Crippen LogP contribution in [0.15, 0.2) is 18.3 Å². The summed E-state index contributed by atoms with van der Waals surface area (Å²) in [4.78, 5) is 4.32. The van der Waals surface area contributed by atoms with E-state index in [0.29, 0.717) is 6.10 Å². The summed E-state index contributed by atoms with van der Waals surface area (Å²) in [5.74, 6) is 0.816. The highest BCUT2D eigenvalue weighted by Crippen LogP contribution is 2.25. The summed E-state index contributed by atoms with van der Waals surface area (Å²) in [6, 6.07) is 4.06. The summed E-state index contributed by atoms with van der Waals surface area (Å²) < 4.78 is 5.86. The highest BCUT2D eigenvalue weighted by molar-refractivity contribution is 5.25. The van der Waals surface area contributed by atoms with Gasteiger partial charge in [0.2, 0.25) is 5.88 Å². The molecule has 3 heteroatoms. The molecule has 0 saturated heterocycles. The Labute approximate surface area is 97.2 Å². The molecule has 1 aliphatic carbocycles. The number of aromatic nitrogens is 1. The molecule has 2 rings (SSSR count). The van der Waals surface area contributed by atoms with Crippen LogP contribution in [0.2, 0.25) is 0 Å². The summed E-state index contributed by atoms with van der Waals surface area (Å²) in [6.07, 6.45) is 7.01. The number of pyridine rings is 1. The first kappa shape index (κ1) is 11.4. The van der Waals surface area contributed by atoms with Crippen molar-refractivity contribution in [2.24, 2.45) is 0 Å². The van der Waals surface area contributed by atoms with Gasteiger partial charge in [-0.1, -0.05) is 13.0 Å². The molecular weight excluding hydrogens is 200 g/mol. The van der Waals surface area contributed by atoms with Crippen LogP contribution in [-0.2, 0) is 6.54 Å². The molecule has 0 spiro atoms. The Balaban J connectivity index is 1.92. The molecule has 88 valence electrons. The predicted molar refractivity (Wildman–Crippen MR) is 64.5 cm³/mol. The molecule has 1 aromatic rings. The molecule has 1 aromatic heterocycles. The number of hydrogen-bond donors (Lipinski definition) is 1. The lowest BCUT2D eigenvalue weighted by Gasteiger charge is -2.26. The average molecular weight is 220 g/mol. The Kier molecular flexibility index (Phi) is 4.17. The topological polar surface area (TPSA) is 34.2 Å². The third-order valence-electron chi connectivity index (χ3n) is 2.92. The molecular formula is C13H20N2O. The predicted octanol–water partition coefficient (Wildman–Crippen LogP) is 2.51. The Hall–Kier alpha value is -1.09. The average Bonchev–Trinajstić information content (AvgIpc) is 2.25. The van der Waals surface area contributed by atoms with Gasteiger partial charge in [0.1, 0.15) is 6.10 Å². The highest BCUT2D eigenvalue weighted by atomic mass is 16.5. The van der Waals surface area contributed by atoms with E-state index in [2.05, 4.69) is 23.3 Å². The molecule has 0 radical (unpaired) electrons. The van der Waals surface area contributed by atoms with Crippen LogP contribution in [0.1, 0.15) is 38.2 Å². The highest BCUT2D eigenvalue weighted by Gasteiger charge is 2.20. The fourth-order valence-electron chi connectivity index (χ4n) is 1.71. The maximum Gasteiger partial charge on any atom is 0.218 e. The zero-order valence-electron chi connectivity index (χ0n) is 9.91. The second-order valence-corrected chi connectivity index (χ2v) is 4.32. The van der Waals surface area contributed by atoms with E-state index < -0.39 is 0 Å². The fraction of sp³-hybridized carbons (Fsp3) is 0.615. The lowest BCUT2D eigenvalue weighted by Crippen LogP contribution is -2.26. The zero-order chi connectivity index (χ0) is 11.2. The van der Waals surface area contributed by atoms with Gasteiger partial charge >= 0.3 is 0 Å². The van der Waals surface area contributed by atoms with E-state index in [1.807, 2.05) is 6.07 Å². The van der Waals surface area contributed by atoms with Gasteiger partial charge < -0.3 is 10.1 Å². The summed E-state index contributed by atoms with van der Waals surface area (Å²) in [7, 11) is 0. The van der Waals surface area contributed by atoms with Crippen LogP contribution in [0.5, 0.6) is 5.88 Å². The summed E-state index contributed by atoms with van der Waals surface area (Å²) >= 11 is 0. The first-order chi connectivity index (χ1) is 7.90. The molecule has 1 saturated carbocycles. The van der Waals surface area contributed by atoms with Gasteiger partial charge in [-0.3, -0.25) is 0 Å². The molecule has 1 aliphatic rings. The molecule has 0 aliphatic heterocycles. The lowest BCUT2D eigenvalue weighted by atomic mass is 9.96. The molecule has 1 N–H and O–H groups in total. The van der Waals surface area contributed by atoms with Crippen molar-refractivity contribution in [3.05, 3.63) is 23.9 Å². The molecule has 0 atom stereocenters. The van der Waals surface area contributed by atoms with E-state index in [1.54, 1.807) is 6.20 Å². The molecule has 0 amide bonds. The molecule has 16 heavy (non-hydrogen) atoms. The van der Waals surface area contributed by atoms with E-state index in [9.17, 15) is 0 Å². The number of ether oxygens (including phenoxy) is 1. The van der Waals surface area contributed by atoms with Crippen molar-refractivity contribution < 1.29 is 4.74 Å². The van der Waals surface area contributed by atoms with Crippen LogP contribution in [0.4, 0.5) is 0 Å². The van der Waals surface area contributed by atoms with Gasteiger partial charge in [0.25, 0.3) is 0 Å². The van der Waals surface area contributed by atoms with Crippen LogP contribution in [0.3, 0.4) is 0 Å². The van der Waals surface area contributed by atoms with E-state index in [0.717, 1.165) is 25.4 Å². The quantitative estimate of drug-likeness (QED) is 0.748. The van der Waals surface area contributed by atoms with Crippen LogP contribution in [0, 0.1) is 0 Å². The molecule has 1 fully saturated rings. The van der Waals surface area contributed by atoms with Gasteiger partial charge in [0.05, 0.1) is 0 Å². The van der Waals surface area contributed by atoms with Crippen molar-refractivity contribution in [1.29, 1.82) is 0 Å². The number of nitrogens with one attached hydrogen (secondary N) is 1. The number of rotatable bonds is 6. The van der Waals surface area contributed by atoms with E-state index in [-0.39, 0.29) is 0 Å². The fourth-order valence-corrected chi connectivity index (χ4v) is 1.71. The van der Waals surface area contributed by atoms with Crippen LogP contribution < -0.4 is 10.1 Å². The first-order valence-corrected chi connectivity index (χ1v) is 6.21. The summed E-state index contributed by atoms with van der Waals surface area (Å²) in [5.41, 5.74) is 1.17. The Morgan fingerprint density at radius 1 is 1.50 bits per heavy atom. The van der Waals surface area contributed by atoms with E-state index >= 15 is 0 Å². The van der Waals surface area contributed by atoms with Crippen molar-refractivity contribution >= 4 is 0 Å². The summed E-state index contributed by atoms with van der Waals surface area (Å²) in [5, 5.41) is 3.38. The van der Waals surface area contributed by atoms with Gasteiger partial charge in [-0.25, -0.2) is 4.98 Å². The Morgan fingerprint density at radius 2 is 2.38 bits per heavy atom. The normalized spacial score (nSPS) is 15.8. The maximum atomic E-state index is 5.86. The van der Waals surface area contributed by atoms with Crippen molar-refractivity contribution in [3.8, 4) is 5.88 Å². The van der Waals surface area contributed by atoms with Crippen LogP contribution in [-0.4, -0.2) is 17.6 Å². The van der Waals surface area contributed by atoms with Crippen molar-refractivity contribution in [2.75, 3.05) is 6.54 Å². The second-order valence-electron chi connectivity index (χ2n) is 4.32. The van der Waals surface area contributed by atoms with Crippen molar-refractivity contribution in [1.82, 2.24) is 10.3 Å². The van der Waals surface area contributed by atoms with Gasteiger partial charge in [-0.2, -0.15) is 0 Å². The van der Waals surface area contributed by atoms with Crippen molar-refractivity contribution in [2.45, 2.75) is 45.3 Å². The zero-order valence-corrected chi connectivity index (χ0v) is 9.91. The molecule has 0 bridgehead atoms. The third kappa shape index (κ3) is 2.95. The Bertz CT molecular complexity index is 323.